The summed E-state index contributed by atoms with van der Waals surface area (Å²) in [7, 11) is 0. The van der Waals surface area contributed by atoms with Crippen LogP contribution in [-0.2, 0) is 4.79 Å². The Kier molecular flexibility index (Phi) is 5.75. The Morgan fingerprint density at radius 3 is 2.54 bits per heavy atom. The molecule has 1 saturated carbocycles. The van der Waals surface area contributed by atoms with E-state index in [0.717, 1.165) is 0 Å². The SMILES string of the molecule is C[C@H]1CN(C(=O)NC2CCC(C(=O)O)CC2)CCN1C(=O)c1cscn1. The lowest BCUT2D eigenvalue weighted by Crippen LogP contribution is -2.58. The van der Waals surface area contributed by atoms with Gasteiger partial charge in [0.1, 0.15) is 5.69 Å². The van der Waals surface area contributed by atoms with Crippen LogP contribution in [0.25, 0.3) is 0 Å². The van der Waals surface area contributed by atoms with E-state index in [1.54, 1.807) is 20.7 Å². The highest BCUT2D eigenvalue weighted by molar-refractivity contribution is 7.07. The molecule has 2 aliphatic rings. The minimum atomic E-state index is -0.746. The van der Waals surface area contributed by atoms with Gasteiger partial charge >= 0.3 is 12.0 Å². The first-order valence-electron chi connectivity index (χ1n) is 8.93. The van der Waals surface area contributed by atoms with E-state index in [0.29, 0.717) is 51.0 Å². The molecule has 26 heavy (non-hydrogen) atoms. The van der Waals surface area contributed by atoms with Crippen molar-refractivity contribution >= 4 is 29.2 Å². The monoisotopic (exact) mass is 380 g/mol. The van der Waals surface area contributed by atoms with Gasteiger partial charge in [-0.25, -0.2) is 9.78 Å². The molecule has 0 bridgehead atoms. The summed E-state index contributed by atoms with van der Waals surface area (Å²) in [6.07, 6.45) is 2.60. The van der Waals surface area contributed by atoms with Crippen molar-refractivity contribution in [3.05, 3.63) is 16.6 Å². The topological polar surface area (TPSA) is 103 Å². The van der Waals surface area contributed by atoms with E-state index in [9.17, 15) is 14.4 Å². The molecule has 2 fully saturated rings. The Morgan fingerprint density at radius 2 is 1.96 bits per heavy atom. The van der Waals surface area contributed by atoms with E-state index in [-0.39, 0.29) is 29.9 Å². The first kappa shape index (κ1) is 18.6. The molecule has 1 aliphatic carbocycles. The summed E-state index contributed by atoms with van der Waals surface area (Å²) in [6.45, 7) is 3.38. The third-order valence-corrected chi connectivity index (χ3v) is 5.82. The van der Waals surface area contributed by atoms with E-state index < -0.39 is 5.97 Å². The lowest BCUT2D eigenvalue weighted by Gasteiger charge is -2.40. The highest BCUT2D eigenvalue weighted by Crippen LogP contribution is 2.24. The number of aliphatic carboxylic acids is 1. The van der Waals surface area contributed by atoms with Crippen molar-refractivity contribution in [2.45, 2.75) is 44.7 Å². The van der Waals surface area contributed by atoms with Gasteiger partial charge in [-0.1, -0.05) is 0 Å². The van der Waals surface area contributed by atoms with Crippen LogP contribution in [0.15, 0.2) is 10.9 Å². The first-order valence-corrected chi connectivity index (χ1v) is 9.87. The fraction of sp³-hybridized carbons (Fsp3) is 0.647. The van der Waals surface area contributed by atoms with Crippen molar-refractivity contribution in [3.63, 3.8) is 0 Å². The van der Waals surface area contributed by atoms with Gasteiger partial charge in [-0.2, -0.15) is 0 Å². The Balaban J connectivity index is 1.48. The molecule has 3 amide bonds. The van der Waals surface area contributed by atoms with Crippen LogP contribution in [0.2, 0.25) is 0 Å². The maximum atomic E-state index is 12.5. The van der Waals surface area contributed by atoms with Crippen molar-refractivity contribution in [2.24, 2.45) is 5.92 Å². The summed E-state index contributed by atoms with van der Waals surface area (Å²) < 4.78 is 0. The van der Waals surface area contributed by atoms with Gasteiger partial charge in [0.2, 0.25) is 0 Å². The molecule has 2 heterocycles. The van der Waals surface area contributed by atoms with Crippen LogP contribution in [0.4, 0.5) is 4.79 Å². The lowest BCUT2D eigenvalue weighted by molar-refractivity contribution is -0.142. The van der Waals surface area contributed by atoms with Crippen molar-refractivity contribution in [2.75, 3.05) is 19.6 Å². The second-order valence-electron chi connectivity index (χ2n) is 7.00. The van der Waals surface area contributed by atoms with Gasteiger partial charge in [-0.05, 0) is 32.6 Å². The number of urea groups is 1. The Bertz CT molecular complexity index is 658. The van der Waals surface area contributed by atoms with Gasteiger partial charge in [0.05, 0.1) is 11.4 Å². The smallest absolute Gasteiger partial charge is 0.317 e. The van der Waals surface area contributed by atoms with Gasteiger partial charge in [0, 0.05) is 37.1 Å². The molecule has 0 unspecified atom stereocenters. The summed E-state index contributed by atoms with van der Waals surface area (Å²) >= 11 is 1.39. The van der Waals surface area contributed by atoms with Crippen molar-refractivity contribution < 1.29 is 19.5 Å². The number of carboxylic acids is 1. The highest BCUT2D eigenvalue weighted by atomic mass is 32.1. The minimum absolute atomic E-state index is 0.0306. The molecule has 1 aromatic rings. The second kappa shape index (κ2) is 8.03. The van der Waals surface area contributed by atoms with E-state index in [2.05, 4.69) is 10.3 Å². The van der Waals surface area contributed by atoms with Crippen LogP contribution in [0, 0.1) is 5.92 Å². The normalized spacial score (nSPS) is 26.4. The number of thiazole rings is 1. The molecular weight excluding hydrogens is 356 g/mol. The fourth-order valence-corrected chi connectivity index (χ4v) is 4.19. The molecule has 8 nitrogen and oxygen atoms in total. The van der Waals surface area contributed by atoms with Gasteiger partial charge in [0.25, 0.3) is 5.91 Å². The molecule has 142 valence electrons. The number of nitrogens with zero attached hydrogens (tertiary/aromatic N) is 3. The molecule has 0 aromatic carbocycles. The van der Waals surface area contributed by atoms with Crippen molar-refractivity contribution in [1.82, 2.24) is 20.1 Å². The van der Waals surface area contributed by atoms with Crippen LogP contribution in [0.1, 0.15) is 43.1 Å². The summed E-state index contributed by atoms with van der Waals surface area (Å²) in [6, 6.07) is -0.175. The van der Waals surface area contributed by atoms with E-state index >= 15 is 0 Å². The average molecular weight is 380 g/mol. The van der Waals surface area contributed by atoms with Gasteiger partial charge in [-0.3, -0.25) is 9.59 Å². The van der Waals surface area contributed by atoms with E-state index in [1.807, 2.05) is 6.92 Å². The van der Waals surface area contributed by atoms with Crippen LogP contribution >= 0.6 is 11.3 Å². The summed E-state index contributed by atoms with van der Waals surface area (Å²) in [4.78, 5) is 43.5. The Labute approximate surface area is 156 Å². The van der Waals surface area contributed by atoms with Crippen LogP contribution in [-0.4, -0.2) is 69.5 Å². The molecule has 3 rings (SSSR count). The maximum Gasteiger partial charge on any atom is 0.317 e. The second-order valence-corrected chi connectivity index (χ2v) is 7.72. The Hall–Kier alpha value is -2.16. The predicted molar refractivity (Wildman–Crippen MR) is 96.1 cm³/mol. The first-order chi connectivity index (χ1) is 12.5. The molecule has 2 N–H and O–H groups in total. The minimum Gasteiger partial charge on any atom is -0.481 e. The van der Waals surface area contributed by atoms with Crippen LogP contribution < -0.4 is 5.32 Å². The molecule has 1 aromatic heterocycles. The molecule has 9 heteroatoms. The number of carbonyl (C=O) groups is 3. The van der Waals surface area contributed by atoms with Crippen LogP contribution in [0.3, 0.4) is 0 Å². The van der Waals surface area contributed by atoms with E-state index in [1.165, 1.54) is 11.3 Å². The fourth-order valence-electron chi connectivity index (χ4n) is 3.66. The standard InChI is InChI=1S/C17H24N4O4S/c1-11-8-20(6-7-21(11)15(22)14-9-26-10-18-14)17(25)19-13-4-2-12(3-5-13)16(23)24/h9-13H,2-8H2,1H3,(H,19,25)(H,23,24)/t11-,12?,13?/m0/s1. The summed E-state index contributed by atoms with van der Waals surface area (Å²) in [5.74, 6) is -1.13. The number of amides is 3. The predicted octanol–water partition coefficient (Wildman–Crippen LogP) is 1.64. The number of rotatable bonds is 3. The van der Waals surface area contributed by atoms with Gasteiger partial charge < -0.3 is 20.2 Å². The third kappa shape index (κ3) is 4.14. The zero-order valence-corrected chi connectivity index (χ0v) is 15.6. The van der Waals surface area contributed by atoms with Gasteiger partial charge in [-0.15, -0.1) is 11.3 Å². The number of nitrogens with one attached hydrogen (secondary N) is 1. The maximum absolute atomic E-state index is 12.5. The zero-order chi connectivity index (χ0) is 18.7. The van der Waals surface area contributed by atoms with Crippen molar-refractivity contribution in [1.29, 1.82) is 0 Å². The summed E-state index contributed by atoms with van der Waals surface area (Å²) in [5, 5.41) is 13.8. The molecule has 1 saturated heterocycles. The number of carboxylic acid groups (broad SMARTS) is 1. The van der Waals surface area contributed by atoms with Crippen LogP contribution in [0.5, 0.6) is 0 Å². The number of aromatic nitrogens is 1. The number of piperazine rings is 1. The lowest BCUT2D eigenvalue weighted by atomic mass is 9.86. The number of hydrogen-bond donors (Lipinski definition) is 2. The summed E-state index contributed by atoms with van der Waals surface area (Å²) in [5.41, 5.74) is 2.09. The molecule has 0 radical (unpaired) electrons. The Morgan fingerprint density at radius 1 is 1.23 bits per heavy atom. The quantitative estimate of drug-likeness (QED) is 0.830. The van der Waals surface area contributed by atoms with Gasteiger partial charge in [0.15, 0.2) is 0 Å². The highest BCUT2D eigenvalue weighted by Gasteiger charge is 2.32. The molecule has 1 aliphatic heterocycles. The van der Waals surface area contributed by atoms with Crippen molar-refractivity contribution in [3.8, 4) is 0 Å². The molecule has 0 spiro atoms. The third-order valence-electron chi connectivity index (χ3n) is 5.23. The largest absolute Gasteiger partial charge is 0.481 e. The number of carbonyl (C=O) groups excluding carboxylic acids is 2. The number of hydrogen-bond acceptors (Lipinski definition) is 5. The molecule has 1 atom stereocenters. The average Bonchev–Trinajstić information content (AvgIpc) is 3.16. The zero-order valence-electron chi connectivity index (χ0n) is 14.8. The van der Waals surface area contributed by atoms with E-state index in [4.69, 9.17) is 5.11 Å². The molecular formula is C17H24N4O4S.